The second kappa shape index (κ2) is 7.93. The maximum Gasteiger partial charge on any atom is 0.267 e. The fourth-order valence-corrected chi connectivity index (χ4v) is 4.68. The van der Waals surface area contributed by atoms with Gasteiger partial charge < -0.3 is 10.6 Å². The lowest BCUT2D eigenvalue weighted by atomic mass is 10.1. The molecule has 0 aliphatic carbocycles. The van der Waals surface area contributed by atoms with Crippen LogP contribution in [-0.4, -0.2) is 22.0 Å². The van der Waals surface area contributed by atoms with E-state index in [2.05, 4.69) is 20.8 Å². The number of nitrogens with one attached hydrogen (secondary N) is 3. The van der Waals surface area contributed by atoms with Gasteiger partial charge in [0, 0.05) is 21.3 Å². The number of hydrogen-bond donors (Lipinski definition) is 3. The molecule has 8 heteroatoms. The molecule has 0 aliphatic heterocycles. The monoisotopic (exact) mass is 438 g/mol. The zero-order chi connectivity index (χ0) is 21.4. The largest absolute Gasteiger partial charge is 0.321 e. The Kier molecular flexibility index (Phi) is 5.32. The van der Waals surface area contributed by atoms with Crippen LogP contribution in [0.2, 0.25) is 5.02 Å². The van der Waals surface area contributed by atoms with Crippen LogP contribution in [0.25, 0.3) is 10.1 Å². The molecule has 0 saturated carbocycles. The third-order valence-corrected chi connectivity index (χ3v) is 6.40. The Balaban J connectivity index is 1.55. The van der Waals surface area contributed by atoms with Crippen molar-refractivity contribution < 1.29 is 9.59 Å². The van der Waals surface area contributed by atoms with Crippen LogP contribution < -0.4 is 10.6 Å². The van der Waals surface area contributed by atoms with Crippen LogP contribution in [0.3, 0.4) is 0 Å². The first-order valence-corrected chi connectivity index (χ1v) is 10.5. The van der Waals surface area contributed by atoms with Gasteiger partial charge in [-0.15, -0.1) is 11.3 Å². The summed E-state index contributed by atoms with van der Waals surface area (Å²) >= 11 is 7.79. The fourth-order valence-electron chi connectivity index (χ4n) is 3.17. The van der Waals surface area contributed by atoms with Crippen molar-refractivity contribution >= 4 is 56.2 Å². The van der Waals surface area contributed by atoms with Crippen LogP contribution in [0, 0.1) is 20.8 Å². The molecular weight excluding hydrogens is 420 g/mol. The summed E-state index contributed by atoms with van der Waals surface area (Å²) in [6.45, 7) is 5.64. The van der Waals surface area contributed by atoms with Crippen LogP contribution >= 0.6 is 22.9 Å². The molecule has 3 N–H and O–H groups in total. The van der Waals surface area contributed by atoms with Crippen molar-refractivity contribution in [2.45, 2.75) is 20.8 Å². The van der Waals surface area contributed by atoms with E-state index in [9.17, 15) is 9.59 Å². The van der Waals surface area contributed by atoms with Gasteiger partial charge >= 0.3 is 0 Å². The number of H-pyrrole nitrogens is 1. The van der Waals surface area contributed by atoms with E-state index in [1.165, 1.54) is 11.3 Å². The van der Waals surface area contributed by atoms with Crippen LogP contribution in [-0.2, 0) is 0 Å². The van der Waals surface area contributed by atoms with Crippen molar-refractivity contribution in [2.24, 2.45) is 0 Å². The number of fused-ring (bicyclic) bond motifs is 1. The van der Waals surface area contributed by atoms with Crippen molar-refractivity contribution in [1.29, 1.82) is 0 Å². The molecule has 2 heterocycles. The summed E-state index contributed by atoms with van der Waals surface area (Å²) < 4.78 is 0.962. The highest BCUT2D eigenvalue weighted by molar-refractivity contribution is 7.21. The Labute approximate surface area is 182 Å². The molecule has 0 unspecified atom stereocenters. The molecule has 2 aromatic carbocycles. The van der Waals surface area contributed by atoms with Crippen molar-refractivity contribution in [3.8, 4) is 0 Å². The predicted molar refractivity (Wildman–Crippen MR) is 122 cm³/mol. The first-order chi connectivity index (χ1) is 14.3. The molecule has 0 fully saturated rings. The van der Waals surface area contributed by atoms with Gasteiger partial charge in [-0.2, -0.15) is 5.10 Å². The Bertz CT molecular complexity index is 1270. The van der Waals surface area contributed by atoms with E-state index in [1.807, 2.05) is 39.0 Å². The van der Waals surface area contributed by atoms with Crippen molar-refractivity contribution in [2.75, 3.05) is 10.6 Å². The number of rotatable bonds is 4. The number of carbonyl (C=O) groups excluding carboxylic acids is 2. The maximum absolute atomic E-state index is 12.8. The van der Waals surface area contributed by atoms with Gasteiger partial charge in [-0.25, -0.2) is 0 Å². The highest BCUT2D eigenvalue weighted by atomic mass is 35.5. The highest BCUT2D eigenvalue weighted by Gasteiger charge is 2.18. The topological polar surface area (TPSA) is 86.9 Å². The zero-order valence-electron chi connectivity index (χ0n) is 16.6. The normalized spacial score (nSPS) is 10.9. The number of nitrogens with zero attached hydrogens (tertiary/aromatic N) is 1. The number of aromatic nitrogens is 2. The minimum absolute atomic E-state index is 0.283. The number of anilines is 2. The second-order valence-electron chi connectivity index (χ2n) is 7.04. The lowest BCUT2D eigenvalue weighted by Gasteiger charge is -2.08. The van der Waals surface area contributed by atoms with Crippen LogP contribution in [0.5, 0.6) is 0 Å². The van der Waals surface area contributed by atoms with Gasteiger partial charge in [-0.1, -0.05) is 29.8 Å². The average Bonchev–Trinajstić information content (AvgIpc) is 3.21. The molecule has 4 rings (SSSR count). The minimum atomic E-state index is -0.307. The number of aromatic amines is 1. The Morgan fingerprint density at radius 1 is 1.03 bits per heavy atom. The Hall–Kier alpha value is -3.16. The van der Waals surface area contributed by atoms with Gasteiger partial charge in [-0.3, -0.25) is 14.7 Å². The Morgan fingerprint density at radius 3 is 2.57 bits per heavy atom. The fraction of sp³-hybridized carbons (Fsp3) is 0.136. The molecule has 4 aromatic rings. The molecule has 0 spiro atoms. The molecule has 152 valence electrons. The third-order valence-electron chi connectivity index (χ3n) is 4.74. The highest BCUT2D eigenvalue weighted by Crippen LogP contribution is 2.36. The summed E-state index contributed by atoms with van der Waals surface area (Å²) in [5, 5.41) is 13.9. The van der Waals surface area contributed by atoms with Gasteiger partial charge in [-0.05, 0) is 50.6 Å². The summed E-state index contributed by atoms with van der Waals surface area (Å²) in [4.78, 5) is 25.9. The van der Waals surface area contributed by atoms with Gasteiger partial charge in [0.2, 0.25) is 0 Å². The summed E-state index contributed by atoms with van der Waals surface area (Å²) in [6.07, 6.45) is 0. The lowest BCUT2D eigenvalue weighted by molar-refractivity contribution is 0.101. The van der Waals surface area contributed by atoms with Crippen molar-refractivity contribution in [1.82, 2.24) is 10.2 Å². The predicted octanol–water partition coefficient (Wildman–Crippen LogP) is 5.71. The Morgan fingerprint density at radius 2 is 1.83 bits per heavy atom. The number of carbonyl (C=O) groups is 2. The second-order valence-corrected chi connectivity index (χ2v) is 8.47. The van der Waals surface area contributed by atoms with Crippen LogP contribution in [0.15, 0.2) is 42.5 Å². The number of amides is 2. The first-order valence-electron chi connectivity index (χ1n) is 9.26. The SMILES string of the molecule is Cc1ccc2c(Cl)c(C(=O)Nc3cccc(C(=O)Nc4c(C)n[nH]c4C)c3)sc2c1. The summed E-state index contributed by atoms with van der Waals surface area (Å²) in [5.41, 5.74) is 4.18. The van der Waals surface area contributed by atoms with Crippen LogP contribution in [0.1, 0.15) is 37.0 Å². The number of benzene rings is 2. The van der Waals surface area contributed by atoms with E-state index in [0.717, 1.165) is 21.3 Å². The maximum atomic E-state index is 12.8. The molecule has 6 nitrogen and oxygen atoms in total. The van der Waals surface area contributed by atoms with Gasteiger partial charge in [0.15, 0.2) is 0 Å². The number of hydrogen-bond acceptors (Lipinski definition) is 4. The van der Waals surface area contributed by atoms with E-state index in [4.69, 9.17) is 11.6 Å². The van der Waals surface area contributed by atoms with E-state index in [1.54, 1.807) is 24.3 Å². The molecule has 30 heavy (non-hydrogen) atoms. The minimum Gasteiger partial charge on any atom is -0.321 e. The average molecular weight is 439 g/mol. The molecule has 0 atom stereocenters. The third kappa shape index (κ3) is 3.81. The van der Waals surface area contributed by atoms with Crippen molar-refractivity contribution in [3.63, 3.8) is 0 Å². The van der Waals surface area contributed by atoms with Crippen molar-refractivity contribution in [3.05, 3.63) is 74.9 Å². The standard InChI is InChI=1S/C22H19ClN4O2S/c1-11-7-8-16-17(9-11)30-20(18(16)23)22(29)24-15-6-4-5-14(10-15)21(28)25-19-12(2)26-27-13(19)3/h4-10H,1-3H3,(H,24,29)(H,25,28)(H,26,27). The first kappa shape index (κ1) is 20.1. The number of thiophene rings is 1. The number of halogens is 1. The van der Waals surface area contributed by atoms with Gasteiger partial charge in [0.1, 0.15) is 4.88 Å². The molecule has 2 amide bonds. The van der Waals surface area contributed by atoms with E-state index < -0.39 is 0 Å². The van der Waals surface area contributed by atoms with E-state index in [0.29, 0.717) is 32.5 Å². The summed E-state index contributed by atoms with van der Waals surface area (Å²) in [6, 6.07) is 12.7. The zero-order valence-corrected chi connectivity index (χ0v) is 18.2. The molecule has 0 aliphatic rings. The summed E-state index contributed by atoms with van der Waals surface area (Å²) in [7, 11) is 0. The van der Waals surface area contributed by atoms with Crippen LogP contribution in [0.4, 0.5) is 11.4 Å². The number of aryl methyl sites for hydroxylation is 3. The van der Waals surface area contributed by atoms with E-state index in [-0.39, 0.29) is 11.8 Å². The van der Waals surface area contributed by atoms with E-state index >= 15 is 0 Å². The lowest BCUT2D eigenvalue weighted by Crippen LogP contribution is -2.15. The molecule has 0 saturated heterocycles. The quantitative estimate of drug-likeness (QED) is 0.381. The van der Waals surface area contributed by atoms with Gasteiger partial charge in [0.05, 0.1) is 22.1 Å². The molecule has 2 aromatic heterocycles. The molecular formula is C22H19ClN4O2S. The van der Waals surface area contributed by atoms with Gasteiger partial charge in [0.25, 0.3) is 11.8 Å². The summed E-state index contributed by atoms with van der Waals surface area (Å²) in [5.74, 6) is -0.591. The smallest absolute Gasteiger partial charge is 0.267 e. The molecule has 0 radical (unpaired) electrons. The molecule has 0 bridgehead atoms.